The molecule has 0 bridgehead atoms. The van der Waals surface area contributed by atoms with Gasteiger partial charge in [0.1, 0.15) is 12.0 Å². The highest BCUT2D eigenvalue weighted by molar-refractivity contribution is 5.88. The molecule has 0 unspecified atom stereocenters. The number of methoxy groups -OCH3 is 1. The summed E-state index contributed by atoms with van der Waals surface area (Å²) in [5.41, 5.74) is 2.86. The van der Waals surface area contributed by atoms with E-state index in [4.69, 9.17) is 4.74 Å². The third kappa shape index (κ3) is 3.85. The first-order valence-corrected chi connectivity index (χ1v) is 9.87. The van der Waals surface area contributed by atoms with Gasteiger partial charge >= 0.3 is 6.01 Å². The first-order valence-electron chi connectivity index (χ1n) is 9.87. The van der Waals surface area contributed by atoms with Crippen LogP contribution in [0.25, 0.3) is 16.7 Å². The molecule has 0 saturated carbocycles. The minimum atomic E-state index is -0.915. The minimum Gasteiger partial charge on any atom is -0.467 e. The molecule has 0 aliphatic carbocycles. The van der Waals surface area contributed by atoms with Crippen LogP contribution in [0.5, 0.6) is 6.01 Å². The summed E-state index contributed by atoms with van der Waals surface area (Å²) in [5, 5.41) is 8.05. The predicted octanol–water partition coefficient (Wildman–Crippen LogP) is 2.85. The van der Waals surface area contributed by atoms with Gasteiger partial charge in [0, 0.05) is 30.8 Å². The summed E-state index contributed by atoms with van der Waals surface area (Å²) in [4.78, 5) is 22.0. The van der Waals surface area contributed by atoms with E-state index in [9.17, 15) is 9.18 Å². The fourth-order valence-electron chi connectivity index (χ4n) is 4.05. The second kappa shape index (κ2) is 7.98. The highest BCUT2D eigenvalue weighted by Gasteiger charge is 2.30. The molecule has 1 N–H and O–H groups in total. The molecule has 0 spiro atoms. The first kappa shape index (κ1) is 20.2. The van der Waals surface area contributed by atoms with Crippen LogP contribution in [0.2, 0.25) is 0 Å². The number of likely N-dealkylation sites (tertiary alicyclic amines) is 1. The van der Waals surface area contributed by atoms with Crippen LogP contribution in [-0.2, 0) is 4.79 Å². The van der Waals surface area contributed by atoms with Crippen molar-refractivity contribution in [2.75, 3.05) is 32.6 Å². The van der Waals surface area contributed by atoms with Gasteiger partial charge in [-0.1, -0.05) is 0 Å². The number of alkyl halides is 1. The van der Waals surface area contributed by atoms with Crippen LogP contribution in [0.3, 0.4) is 0 Å². The first-order chi connectivity index (χ1) is 14.4. The Morgan fingerprint density at radius 1 is 1.30 bits per heavy atom. The molecule has 4 rings (SSSR count). The number of benzene rings is 1. The summed E-state index contributed by atoms with van der Waals surface area (Å²) >= 11 is 0. The third-order valence-corrected chi connectivity index (χ3v) is 5.50. The van der Waals surface area contributed by atoms with Gasteiger partial charge in [-0.05, 0) is 50.2 Å². The number of rotatable bonds is 4. The summed E-state index contributed by atoms with van der Waals surface area (Å²) < 4.78 is 21.7. The van der Waals surface area contributed by atoms with Crippen LogP contribution >= 0.6 is 0 Å². The summed E-state index contributed by atoms with van der Waals surface area (Å²) in [6, 6.07) is 5.79. The van der Waals surface area contributed by atoms with Gasteiger partial charge < -0.3 is 15.0 Å². The molecule has 1 amide bonds. The number of fused-ring (bicyclic) bond motifs is 1. The van der Waals surface area contributed by atoms with Crippen LogP contribution < -0.4 is 10.1 Å². The Bertz CT molecular complexity index is 1100. The van der Waals surface area contributed by atoms with Gasteiger partial charge in [0.15, 0.2) is 5.82 Å². The smallest absolute Gasteiger partial charge is 0.320 e. The molecule has 9 heteroatoms. The monoisotopic (exact) mass is 412 g/mol. The largest absolute Gasteiger partial charge is 0.467 e. The quantitative estimate of drug-likeness (QED) is 0.709. The van der Waals surface area contributed by atoms with Gasteiger partial charge in [0.2, 0.25) is 5.91 Å². The Labute approximate surface area is 174 Å². The lowest BCUT2D eigenvalue weighted by Crippen LogP contribution is -2.38. The second-order valence-electron chi connectivity index (χ2n) is 7.78. The number of carbonyl (C=O) groups excluding carboxylic acids is 1. The van der Waals surface area contributed by atoms with Crippen molar-refractivity contribution in [1.29, 1.82) is 0 Å². The maximum Gasteiger partial charge on any atom is 0.320 e. The number of hydrogen-bond acceptors (Lipinski definition) is 6. The van der Waals surface area contributed by atoms with E-state index < -0.39 is 6.17 Å². The molecule has 8 nitrogen and oxygen atoms in total. The maximum absolute atomic E-state index is 14.8. The lowest BCUT2D eigenvalue weighted by atomic mass is 9.85. The number of ether oxygens (including phenoxy) is 1. The molecule has 1 fully saturated rings. The Balaban J connectivity index is 1.80. The third-order valence-electron chi connectivity index (χ3n) is 5.50. The van der Waals surface area contributed by atoms with Gasteiger partial charge in [-0.2, -0.15) is 15.1 Å². The molecule has 3 heterocycles. The highest BCUT2D eigenvalue weighted by atomic mass is 19.1. The van der Waals surface area contributed by atoms with Crippen molar-refractivity contribution in [2.24, 2.45) is 0 Å². The average Bonchev–Trinajstić information content (AvgIpc) is 3.09. The maximum atomic E-state index is 14.8. The molecule has 30 heavy (non-hydrogen) atoms. The van der Waals surface area contributed by atoms with E-state index in [1.165, 1.54) is 14.0 Å². The van der Waals surface area contributed by atoms with Crippen molar-refractivity contribution in [3.05, 3.63) is 35.5 Å². The molecule has 2 aromatic heterocycles. The number of carbonyl (C=O) groups is 1. The average molecular weight is 412 g/mol. The zero-order valence-electron chi connectivity index (χ0n) is 17.5. The van der Waals surface area contributed by atoms with Crippen molar-refractivity contribution in [2.45, 2.75) is 32.4 Å². The number of amides is 1. The van der Waals surface area contributed by atoms with Crippen molar-refractivity contribution >= 4 is 22.6 Å². The van der Waals surface area contributed by atoms with Crippen molar-refractivity contribution in [3.63, 3.8) is 0 Å². The Hall–Kier alpha value is -3.07. The molecule has 158 valence electrons. The van der Waals surface area contributed by atoms with Crippen molar-refractivity contribution < 1.29 is 13.9 Å². The van der Waals surface area contributed by atoms with E-state index in [-0.39, 0.29) is 17.8 Å². The van der Waals surface area contributed by atoms with Gasteiger partial charge in [-0.3, -0.25) is 4.79 Å². The van der Waals surface area contributed by atoms with Crippen LogP contribution in [0.1, 0.15) is 30.4 Å². The van der Waals surface area contributed by atoms with Gasteiger partial charge in [-0.15, -0.1) is 0 Å². The van der Waals surface area contributed by atoms with Gasteiger partial charge in [-0.25, -0.2) is 9.07 Å². The van der Waals surface area contributed by atoms with Gasteiger partial charge in [0.05, 0.1) is 18.8 Å². The summed E-state index contributed by atoms with van der Waals surface area (Å²) in [5.74, 6) is 0.375. The van der Waals surface area contributed by atoms with Crippen LogP contribution in [-0.4, -0.2) is 64.0 Å². The molecule has 1 aliphatic rings. The minimum absolute atomic E-state index is 0.117. The zero-order valence-corrected chi connectivity index (χ0v) is 17.5. The number of nitrogens with one attached hydrogen (secondary N) is 1. The van der Waals surface area contributed by atoms with E-state index in [1.54, 1.807) is 16.9 Å². The Kier molecular flexibility index (Phi) is 5.38. The molecule has 1 saturated heterocycles. The molecule has 1 aromatic carbocycles. The zero-order chi connectivity index (χ0) is 21.4. The number of aryl methyl sites for hydroxylation is 1. The number of nitrogens with zero attached hydrogens (tertiary/aromatic N) is 5. The topological polar surface area (TPSA) is 85.2 Å². The molecular formula is C21H25FN6O2. The lowest BCUT2D eigenvalue weighted by Gasteiger charge is -2.33. The van der Waals surface area contributed by atoms with E-state index in [0.29, 0.717) is 18.2 Å². The highest BCUT2D eigenvalue weighted by Crippen LogP contribution is 2.34. The second-order valence-corrected chi connectivity index (χ2v) is 7.78. The standard InChI is InChI=1S/C21H25FN6O2/c1-12-7-14-10-23-28(20-9-19(24-13(2)29)25-21(26-20)30-4)18(14)8-16(12)15-5-6-27(3)11-17(15)22/h7-10,15,17H,5-6,11H2,1-4H3,(H,24,25,26,29)/t15-,17-/m1/s1. The van der Waals surface area contributed by atoms with Gasteiger partial charge in [0.25, 0.3) is 0 Å². The van der Waals surface area contributed by atoms with E-state index in [2.05, 4.69) is 20.4 Å². The van der Waals surface area contributed by atoms with E-state index in [1.807, 2.05) is 31.0 Å². The predicted molar refractivity (Wildman–Crippen MR) is 112 cm³/mol. The summed E-state index contributed by atoms with van der Waals surface area (Å²) in [7, 11) is 3.41. The van der Waals surface area contributed by atoms with E-state index >= 15 is 0 Å². The van der Waals surface area contributed by atoms with Crippen LogP contribution in [0.15, 0.2) is 24.4 Å². The van der Waals surface area contributed by atoms with Crippen molar-refractivity contribution in [1.82, 2.24) is 24.6 Å². The number of piperidine rings is 1. The molecule has 3 aromatic rings. The fourth-order valence-corrected chi connectivity index (χ4v) is 4.05. The van der Waals surface area contributed by atoms with E-state index in [0.717, 1.165) is 35.0 Å². The SMILES string of the molecule is COc1nc(NC(C)=O)cc(-n2ncc3cc(C)c([C@H]4CCN(C)C[C@H]4F)cc32)n1. The van der Waals surface area contributed by atoms with Crippen LogP contribution in [0.4, 0.5) is 10.2 Å². The Morgan fingerprint density at radius 3 is 2.80 bits per heavy atom. The molecular weight excluding hydrogens is 387 g/mol. The number of hydrogen-bond donors (Lipinski definition) is 1. The molecule has 2 atom stereocenters. The Morgan fingerprint density at radius 2 is 2.10 bits per heavy atom. The summed E-state index contributed by atoms with van der Waals surface area (Å²) in [6.07, 6.45) is 1.61. The molecule has 0 radical (unpaired) electrons. The lowest BCUT2D eigenvalue weighted by molar-refractivity contribution is -0.114. The van der Waals surface area contributed by atoms with Crippen LogP contribution in [0, 0.1) is 6.92 Å². The number of aromatic nitrogens is 4. The fraction of sp³-hybridized carbons (Fsp3) is 0.429. The molecule has 1 aliphatic heterocycles. The number of anilines is 1. The summed E-state index contributed by atoms with van der Waals surface area (Å²) in [6.45, 7) is 4.72. The normalized spacial score (nSPS) is 19.8. The number of halogens is 1. The van der Waals surface area contributed by atoms with Crippen molar-refractivity contribution in [3.8, 4) is 11.8 Å².